The number of fused-ring (bicyclic) bond motifs is 2. The van der Waals surface area contributed by atoms with Gasteiger partial charge in [0.25, 0.3) is 0 Å². The second-order valence-corrected chi connectivity index (χ2v) is 10.3. The molecule has 0 bridgehead atoms. The number of hydrogen-bond acceptors (Lipinski definition) is 7. The van der Waals surface area contributed by atoms with Gasteiger partial charge in [0.15, 0.2) is 0 Å². The Bertz CT molecular complexity index is 1370. The van der Waals surface area contributed by atoms with Crippen molar-refractivity contribution in [2.45, 2.75) is 31.9 Å². The van der Waals surface area contributed by atoms with Gasteiger partial charge < -0.3 is 9.64 Å². The van der Waals surface area contributed by atoms with E-state index in [1.54, 1.807) is 17.5 Å². The van der Waals surface area contributed by atoms with Gasteiger partial charge in [0.1, 0.15) is 0 Å². The quantitative estimate of drug-likeness (QED) is 0.413. The van der Waals surface area contributed by atoms with Crippen molar-refractivity contribution in [1.82, 2.24) is 19.9 Å². The van der Waals surface area contributed by atoms with E-state index in [9.17, 15) is 5.26 Å². The van der Waals surface area contributed by atoms with E-state index >= 15 is 0 Å². The van der Waals surface area contributed by atoms with Gasteiger partial charge in [-0.1, -0.05) is 17.3 Å². The first-order valence-electron chi connectivity index (χ1n) is 12.2. The Labute approximate surface area is 209 Å². The number of benzene rings is 2. The molecule has 4 aromatic rings. The number of nitriles is 1. The Morgan fingerprint density at radius 3 is 2.97 bits per heavy atom. The Morgan fingerprint density at radius 2 is 2.14 bits per heavy atom. The van der Waals surface area contributed by atoms with Crippen molar-refractivity contribution in [3.05, 3.63) is 70.9 Å². The normalized spacial score (nSPS) is 20.6. The number of piperazine rings is 1. The molecular weight excluding hydrogens is 456 g/mol. The minimum atomic E-state index is 0.143. The summed E-state index contributed by atoms with van der Waals surface area (Å²) < 4.78 is 9.21. The highest BCUT2D eigenvalue weighted by atomic mass is 32.1. The van der Waals surface area contributed by atoms with Crippen LogP contribution in [0.2, 0.25) is 0 Å². The van der Waals surface area contributed by atoms with Crippen molar-refractivity contribution in [2.75, 3.05) is 37.7 Å². The molecule has 8 heteroatoms. The van der Waals surface area contributed by atoms with Crippen LogP contribution in [-0.2, 0) is 11.2 Å². The summed E-state index contributed by atoms with van der Waals surface area (Å²) in [6.07, 6.45) is 5.66. The van der Waals surface area contributed by atoms with Crippen LogP contribution in [0.4, 0.5) is 5.69 Å². The zero-order valence-corrected chi connectivity index (χ0v) is 20.6. The predicted molar refractivity (Wildman–Crippen MR) is 138 cm³/mol. The van der Waals surface area contributed by atoms with Crippen LogP contribution in [0, 0.1) is 11.3 Å². The molecule has 35 heavy (non-hydrogen) atoms. The fraction of sp³-hybridized carbons (Fsp3) is 0.370. The molecule has 6 rings (SSSR count). The van der Waals surface area contributed by atoms with E-state index in [-0.39, 0.29) is 6.10 Å². The smallest absolute Gasteiger partial charge is 0.0992 e. The minimum absolute atomic E-state index is 0.143. The maximum Gasteiger partial charge on any atom is 0.0992 e. The van der Waals surface area contributed by atoms with Gasteiger partial charge in [-0.05, 0) is 55.2 Å². The van der Waals surface area contributed by atoms with Crippen LogP contribution in [0.15, 0.2) is 54.2 Å². The summed E-state index contributed by atoms with van der Waals surface area (Å²) in [5.74, 6) is 0. The van der Waals surface area contributed by atoms with Gasteiger partial charge in [0.2, 0.25) is 0 Å². The molecule has 0 unspecified atom stereocenters. The Morgan fingerprint density at radius 1 is 1.20 bits per heavy atom. The number of hydrogen-bond donors (Lipinski definition) is 0. The molecule has 2 aromatic carbocycles. The Hall–Kier alpha value is -3.25. The second-order valence-electron chi connectivity index (χ2n) is 9.40. The highest BCUT2D eigenvalue weighted by Gasteiger charge is 2.28. The van der Waals surface area contributed by atoms with E-state index < -0.39 is 0 Å². The molecule has 1 saturated heterocycles. The molecule has 2 aromatic heterocycles. The molecule has 0 aliphatic carbocycles. The van der Waals surface area contributed by atoms with Gasteiger partial charge in [-0.25, -0.2) is 4.68 Å². The molecule has 4 heterocycles. The van der Waals surface area contributed by atoms with Crippen molar-refractivity contribution >= 4 is 27.1 Å². The number of anilines is 1. The van der Waals surface area contributed by atoms with Crippen LogP contribution >= 0.6 is 11.3 Å². The van der Waals surface area contributed by atoms with Crippen molar-refractivity contribution in [3.8, 4) is 11.8 Å². The molecule has 0 spiro atoms. The van der Waals surface area contributed by atoms with E-state index in [1.807, 2.05) is 23.0 Å². The van der Waals surface area contributed by atoms with Crippen LogP contribution in [0.25, 0.3) is 15.8 Å². The van der Waals surface area contributed by atoms with Crippen molar-refractivity contribution in [2.24, 2.45) is 0 Å². The van der Waals surface area contributed by atoms with Gasteiger partial charge >= 0.3 is 0 Å². The first-order chi connectivity index (χ1) is 17.2. The highest BCUT2D eigenvalue weighted by Crippen LogP contribution is 2.35. The average molecular weight is 485 g/mol. The SMILES string of the molecule is C[C@@H]1CN(c2csc3cc(C#N)ccc23)CCN1CC[C@@H]1OCCc2cc(-n3ccnn3)ccc21. The minimum Gasteiger partial charge on any atom is -0.373 e. The summed E-state index contributed by atoms with van der Waals surface area (Å²) in [6.45, 7) is 7.18. The summed E-state index contributed by atoms with van der Waals surface area (Å²) in [5.41, 5.74) is 5.75. The predicted octanol–water partition coefficient (Wildman–Crippen LogP) is 4.57. The average Bonchev–Trinajstić information content (AvgIpc) is 3.58. The lowest BCUT2D eigenvalue weighted by atomic mass is 9.94. The first kappa shape index (κ1) is 22.2. The molecule has 7 nitrogen and oxygen atoms in total. The van der Waals surface area contributed by atoms with Gasteiger partial charge in [0, 0.05) is 47.7 Å². The van der Waals surface area contributed by atoms with Gasteiger partial charge in [-0.2, -0.15) is 5.26 Å². The number of nitrogens with zero attached hydrogens (tertiary/aromatic N) is 6. The summed E-state index contributed by atoms with van der Waals surface area (Å²) in [6, 6.07) is 15.3. The maximum absolute atomic E-state index is 9.19. The van der Waals surface area contributed by atoms with E-state index in [0.717, 1.165) is 56.9 Å². The van der Waals surface area contributed by atoms with Crippen molar-refractivity contribution < 1.29 is 4.74 Å². The molecule has 2 aliphatic rings. The largest absolute Gasteiger partial charge is 0.373 e. The fourth-order valence-electron chi connectivity index (χ4n) is 5.41. The van der Waals surface area contributed by atoms with E-state index in [2.05, 4.69) is 62.8 Å². The molecule has 2 atom stereocenters. The second kappa shape index (κ2) is 9.42. The summed E-state index contributed by atoms with van der Waals surface area (Å²) in [4.78, 5) is 5.10. The molecule has 0 saturated carbocycles. The molecule has 2 aliphatic heterocycles. The van der Waals surface area contributed by atoms with Crippen LogP contribution in [0.5, 0.6) is 0 Å². The molecule has 0 radical (unpaired) electrons. The molecule has 1 fully saturated rings. The third kappa shape index (κ3) is 4.31. The standard InChI is InChI=1S/C27H28N6OS/c1-19-17-32(25-18-35-27-14-20(16-28)2-4-24(25)27)12-11-31(19)9-6-26-23-5-3-22(33-10-8-29-30-33)15-21(23)7-13-34-26/h2-5,8,10,14-15,18-19,26H,6-7,9,11-13,17H2,1H3/t19-,26+/m1/s1. The van der Waals surface area contributed by atoms with Crippen LogP contribution in [0.1, 0.15) is 36.1 Å². The van der Waals surface area contributed by atoms with E-state index in [0.29, 0.717) is 6.04 Å². The Kier molecular flexibility index (Phi) is 5.98. The fourth-order valence-corrected chi connectivity index (χ4v) is 6.42. The highest BCUT2D eigenvalue weighted by molar-refractivity contribution is 7.17. The van der Waals surface area contributed by atoms with Gasteiger partial charge in [-0.3, -0.25) is 4.90 Å². The van der Waals surface area contributed by atoms with Gasteiger partial charge in [0.05, 0.1) is 48.1 Å². The zero-order chi connectivity index (χ0) is 23.8. The number of ether oxygens (including phenoxy) is 1. The maximum atomic E-state index is 9.19. The van der Waals surface area contributed by atoms with Crippen LogP contribution < -0.4 is 4.90 Å². The molecule has 0 amide bonds. The van der Waals surface area contributed by atoms with E-state index in [1.165, 1.54) is 26.9 Å². The number of thiophene rings is 1. The Balaban J connectivity index is 1.10. The first-order valence-corrected chi connectivity index (χ1v) is 13.1. The zero-order valence-electron chi connectivity index (χ0n) is 19.8. The summed E-state index contributed by atoms with van der Waals surface area (Å²) in [5, 5.41) is 20.7. The number of aromatic nitrogens is 3. The number of rotatable bonds is 5. The monoisotopic (exact) mass is 484 g/mol. The third-order valence-corrected chi connectivity index (χ3v) is 8.25. The van der Waals surface area contributed by atoms with Crippen molar-refractivity contribution in [1.29, 1.82) is 5.26 Å². The lowest BCUT2D eigenvalue weighted by molar-refractivity contribution is 0.0255. The van der Waals surface area contributed by atoms with Crippen molar-refractivity contribution in [3.63, 3.8) is 0 Å². The lowest BCUT2D eigenvalue weighted by Gasteiger charge is -2.41. The summed E-state index contributed by atoms with van der Waals surface area (Å²) in [7, 11) is 0. The van der Waals surface area contributed by atoms with Crippen LogP contribution in [-0.4, -0.2) is 58.7 Å². The molecular formula is C27H28N6OS. The topological polar surface area (TPSA) is 70.2 Å². The molecule has 0 N–H and O–H groups in total. The lowest BCUT2D eigenvalue weighted by Crippen LogP contribution is -2.52. The molecule has 178 valence electrons. The van der Waals surface area contributed by atoms with Crippen LogP contribution in [0.3, 0.4) is 0 Å². The van der Waals surface area contributed by atoms with E-state index in [4.69, 9.17) is 4.74 Å². The summed E-state index contributed by atoms with van der Waals surface area (Å²) >= 11 is 1.73. The van der Waals surface area contributed by atoms with Gasteiger partial charge in [-0.15, -0.1) is 16.4 Å². The third-order valence-electron chi connectivity index (χ3n) is 7.32.